The van der Waals surface area contributed by atoms with Gasteiger partial charge in [0.05, 0.1) is 10.6 Å². The summed E-state index contributed by atoms with van der Waals surface area (Å²) in [5.74, 6) is 1.25. The fourth-order valence-electron chi connectivity index (χ4n) is 3.13. The molecule has 1 heterocycles. The van der Waals surface area contributed by atoms with Gasteiger partial charge in [0.1, 0.15) is 11.4 Å². The van der Waals surface area contributed by atoms with Gasteiger partial charge in [0, 0.05) is 34.1 Å². The number of nitro benzene ring substituents is 1. The summed E-state index contributed by atoms with van der Waals surface area (Å²) in [7, 11) is 0. The lowest BCUT2D eigenvalue weighted by molar-refractivity contribution is -0.384. The first-order valence-corrected chi connectivity index (χ1v) is 10.3. The van der Waals surface area contributed by atoms with Crippen LogP contribution in [0.3, 0.4) is 0 Å². The number of nitrogens with one attached hydrogen (secondary N) is 2. The molecule has 0 atom stereocenters. The Hall–Kier alpha value is -3.84. The van der Waals surface area contributed by atoms with Crippen molar-refractivity contribution in [2.45, 2.75) is 19.4 Å². The molecular weight excluding hydrogens is 428 g/mol. The molecule has 3 aromatic carbocycles. The number of aliphatic imine (C=N–C) groups is 1. The maximum absolute atomic E-state index is 10.9. The van der Waals surface area contributed by atoms with E-state index in [4.69, 9.17) is 16.3 Å². The fraction of sp³-hybridized carbons (Fsp3) is 0.125. The number of benzene rings is 3. The number of rotatable bonds is 4. The van der Waals surface area contributed by atoms with Crippen LogP contribution in [-0.2, 0) is 0 Å². The van der Waals surface area contributed by atoms with Crippen LogP contribution in [0.25, 0.3) is 6.08 Å². The molecule has 7 nitrogen and oxygen atoms in total. The minimum Gasteiger partial charge on any atom is -0.483 e. The number of halogens is 1. The highest BCUT2D eigenvalue weighted by atomic mass is 35.5. The number of anilines is 2. The van der Waals surface area contributed by atoms with E-state index < -0.39 is 4.92 Å². The van der Waals surface area contributed by atoms with Crippen molar-refractivity contribution in [3.05, 3.63) is 93.5 Å². The number of nitrogens with zero attached hydrogens (tertiary/aromatic N) is 2. The monoisotopic (exact) mass is 448 g/mol. The zero-order valence-electron chi connectivity index (χ0n) is 17.5. The standard InChI is InChI=1S/C24H21ClN4O3/c1-24(2)14-13-16-15-20(9-12-22(16)32-24)28-23(26-18-5-3-17(25)4-6-18)27-19-7-10-21(11-8-19)29(30)31/h3-15H,1-2H3,(H2,26,27,28). The predicted molar refractivity (Wildman–Crippen MR) is 129 cm³/mol. The third kappa shape index (κ3) is 5.25. The summed E-state index contributed by atoms with van der Waals surface area (Å²) in [4.78, 5) is 15.1. The molecule has 32 heavy (non-hydrogen) atoms. The first-order valence-electron chi connectivity index (χ1n) is 9.92. The second kappa shape index (κ2) is 8.72. The molecule has 0 unspecified atom stereocenters. The van der Waals surface area contributed by atoms with E-state index in [2.05, 4.69) is 15.6 Å². The number of hydrogen-bond acceptors (Lipinski definition) is 4. The van der Waals surface area contributed by atoms with Gasteiger partial charge in [0.15, 0.2) is 0 Å². The molecule has 0 saturated heterocycles. The quantitative estimate of drug-likeness (QED) is 0.202. The van der Waals surface area contributed by atoms with Crippen LogP contribution in [0.1, 0.15) is 19.4 Å². The van der Waals surface area contributed by atoms with Gasteiger partial charge in [-0.05, 0) is 74.5 Å². The Bertz CT molecular complexity index is 1200. The summed E-state index contributed by atoms with van der Waals surface area (Å²) >= 11 is 5.99. The molecule has 0 aliphatic carbocycles. The molecule has 0 spiro atoms. The van der Waals surface area contributed by atoms with Crippen LogP contribution in [0.4, 0.5) is 22.7 Å². The summed E-state index contributed by atoms with van der Waals surface area (Å²) in [6, 6.07) is 19.0. The van der Waals surface area contributed by atoms with Crippen LogP contribution in [0.15, 0.2) is 77.8 Å². The summed E-state index contributed by atoms with van der Waals surface area (Å²) in [5, 5.41) is 18.1. The Morgan fingerprint density at radius 3 is 2.34 bits per heavy atom. The number of hydrogen-bond donors (Lipinski definition) is 2. The van der Waals surface area contributed by atoms with Crippen molar-refractivity contribution >= 4 is 46.4 Å². The van der Waals surface area contributed by atoms with Crippen molar-refractivity contribution in [1.29, 1.82) is 0 Å². The summed E-state index contributed by atoms with van der Waals surface area (Å²) in [6.45, 7) is 4.01. The molecule has 3 aromatic rings. The largest absolute Gasteiger partial charge is 0.483 e. The van der Waals surface area contributed by atoms with Gasteiger partial charge in [-0.1, -0.05) is 17.7 Å². The maximum Gasteiger partial charge on any atom is 0.269 e. The van der Waals surface area contributed by atoms with Gasteiger partial charge in [-0.15, -0.1) is 0 Å². The Kier molecular flexibility index (Phi) is 5.83. The molecule has 0 fully saturated rings. The van der Waals surface area contributed by atoms with E-state index in [1.54, 1.807) is 24.3 Å². The van der Waals surface area contributed by atoms with Crippen molar-refractivity contribution in [3.63, 3.8) is 0 Å². The number of non-ortho nitro benzene ring substituents is 1. The van der Waals surface area contributed by atoms with E-state index in [1.807, 2.05) is 56.3 Å². The third-order valence-corrected chi connectivity index (χ3v) is 4.97. The summed E-state index contributed by atoms with van der Waals surface area (Å²) < 4.78 is 5.98. The number of fused-ring (bicyclic) bond motifs is 1. The molecule has 4 rings (SSSR count). The Labute approximate surface area is 190 Å². The molecule has 0 radical (unpaired) electrons. The molecule has 0 saturated carbocycles. The zero-order chi connectivity index (χ0) is 22.7. The van der Waals surface area contributed by atoms with E-state index in [0.29, 0.717) is 16.7 Å². The van der Waals surface area contributed by atoms with Gasteiger partial charge in [0.2, 0.25) is 5.96 Å². The highest BCUT2D eigenvalue weighted by Gasteiger charge is 2.21. The van der Waals surface area contributed by atoms with Crippen LogP contribution >= 0.6 is 11.6 Å². The Balaban J connectivity index is 1.63. The highest BCUT2D eigenvalue weighted by molar-refractivity contribution is 6.30. The Morgan fingerprint density at radius 2 is 1.66 bits per heavy atom. The molecule has 0 bridgehead atoms. The molecule has 2 N–H and O–H groups in total. The van der Waals surface area contributed by atoms with Crippen LogP contribution < -0.4 is 15.4 Å². The van der Waals surface area contributed by atoms with Crippen molar-refractivity contribution < 1.29 is 9.66 Å². The van der Waals surface area contributed by atoms with Gasteiger partial charge in [-0.2, -0.15) is 0 Å². The molecule has 1 aliphatic rings. The van der Waals surface area contributed by atoms with E-state index in [9.17, 15) is 10.1 Å². The van der Waals surface area contributed by atoms with Gasteiger partial charge in [0.25, 0.3) is 5.69 Å². The topological polar surface area (TPSA) is 88.8 Å². The van der Waals surface area contributed by atoms with Crippen molar-refractivity contribution in [2.24, 2.45) is 4.99 Å². The van der Waals surface area contributed by atoms with E-state index in [-0.39, 0.29) is 11.3 Å². The minimum absolute atomic E-state index is 0.00789. The van der Waals surface area contributed by atoms with Gasteiger partial charge >= 0.3 is 0 Å². The Morgan fingerprint density at radius 1 is 1.00 bits per heavy atom. The van der Waals surface area contributed by atoms with E-state index >= 15 is 0 Å². The smallest absolute Gasteiger partial charge is 0.269 e. The average Bonchev–Trinajstić information content (AvgIpc) is 2.75. The molecule has 8 heteroatoms. The van der Waals surface area contributed by atoms with Crippen LogP contribution in [-0.4, -0.2) is 16.5 Å². The zero-order valence-corrected chi connectivity index (χ0v) is 18.3. The maximum atomic E-state index is 10.9. The fourth-order valence-corrected chi connectivity index (χ4v) is 3.26. The first-order chi connectivity index (χ1) is 15.3. The highest BCUT2D eigenvalue weighted by Crippen LogP contribution is 2.32. The lowest BCUT2D eigenvalue weighted by atomic mass is 10.0. The van der Waals surface area contributed by atoms with Gasteiger partial charge in [-0.3, -0.25) is 10.1 Å². The van der Waals surface area contributed by atoms with Crippen LogP contribution in [0, 0.1) is 10.1 Å². The average molecular weight is 449 g/mol. The molecular formula is C24H21ClN4O3. The predicted octanol–water partition coefficient (Wildman–Crippen LogP) is 6.64. The molecule has 0 aromatic heterocycles. The first kappa shape index (κ1) is 21.4. The summed E-state index contributed by atoms with van der Waals surface area (Å²) in [5.41, 5.74) is 2.76. The number of guanidine groups is 1. The van der Waals surface area contributed by atoms with Crippen molar-refractivity contribution in [3.8, 4) is 5.75 Å². The third-order valence-electron chi connectivity index (χ3n) is 4.72. The number of nitro groups is 1. The number of ether oxygens (including phenoxy) is 1. The van der Waals surface area contributed by atoms with Crippen molar-refractivity contribution in [1.82, 2.24) is 0 Å². The SMILES string of the molecule is CC1(C)C=Cc2cc(NC(=Nc3ccc([N+](=O)[O-])cc3)Nc3ccc(Cl)cc3)ccc2O1. The van der Waals surface area contributed by atoms with E-state index in [0.717, 1.165) is 22.7 Å². The molecule has 162 valence electrons. The minimum atomic E-state index is -0.442. The van der Waals surface area contributed by atoms with Gasteiger partial charge < -0.3 is 15.4 Å². The second-order valence-electron chi connectivity index (χ2n) is 7.78. The van der Waals surface area contributed by atoms with E-state index in [1.165, 1.54) is 12.1 Å². The summed E-state index contributed by atoms with van der Waals surface area (Å²) in [6.07, 6.45) is 4.04. The van der Waals surface area contributed by atoms with Crippen LogP contribution in [0.5, 0.6) is 5.75 Å². The lowest BCUT2D eigenvalue weighted by Gasteiger charge is -2.28. The van der Waals surface area contributed by atoms with Crippen molar-refractivity contribution in [2.75, 3.05) is 10.6 Å². The second-order valence-corrected chi connectivity index (χ2v) is 8.22. The molecule has 0 amide bonds. The normalized spacial score (nSPS) is 14.3. The lowest BCUT2D eigenvalue weighted by Crippen LogP contribution is -2.27. The van der Waals surface area contributed by atoms with Crippen LogP contribution in [0.2, 0.25) is 5.02 Å². The molecule has 1 aliphatic heterocycles. The van der Waals surface area contributed by atoms with Gasteiger partial charge in [-0.25, -0.2) is 4.99 Å².